The molecule has 0 aromatic rings. The van der Waals surface area contributed by atoms with Gasteiger partial charge in [-0.1, -0.05) is 0 Å². The standard InChI is InChI=1S/C22H44N4O/c1-18(2)24-10-9-20(23-17-24)22(5,6)25-11-7-19(8-12-25)21(3,4)26-13-15-27-16-14-26/h18-20,23H,7-17H2,1-6H3. The van der Waals surface area contributed by atoms with Crippen LogP contribution in [0.25, 0.3) is 0 Å². The minimum absolute atomic E-state index is 0.233. The van der Waals surface area contributed by atoms with Gasteiger partial charge in [0.25, 0.3) is 0 Å². The van der Waals surface area contributed by atoms with E-state index in [1.165, 1.54) is 38.9 Å². The van der Waals surface area contributed by atoms with Crippen LogP contribution in [0.1, 0.15) is 60.8 Å². The van der Waals surface area contributed by atoms with Gasteiger partial charge in [-0.2, -0.15) is 0 Å². The number of nitrogens with one attached hydrogen (secondary N) is 1. The van der Waals surface area contributed by atoms with Gasteiger partial charge in [-0.05, 0) is 79.8 Å². The molecule has 3 aliphatic rings. The molecule has 27 heavy (non-hydrogen) atoms. The van der Waals surface area contributed by atoms with Crippen molar-refractivity contribution in [2.45, 2.75) is 84.0 Å². The van der Waals surface area contributed by atoms with E-state index in [9.17, 15) is 0 Å². The molecule has 0 spiro atoms. The summed E-state index contributed by atoms with van der Waals surface area (Å²) in [4.78, 5) is 7.98. The fraction of sp³-hybridized carbons (Fsp3) is 1.00. The van der Waals surface area contributed by atoms with Crippen molar-refractivity contribution in [2.75, 3.05) is 52.6 Å². The first-order valence-corrected chi connectivity index (χ1v) is 11.3. The van der Waals surface area contributed by atoms with Crippen molar-refractivity contribution in [2.24, 2.45) is 5.92 Å². The van der Waals surface area contributed by atoms with E-state index in [0.29, 0.717) is 17.6 Å². The van der Waals surface area contributed by atoms with Gasteiger partial charge in [0.2, 0.25) is 0 Å². The van der Waals surface area contributed by atoms with Crippen LogP contribution in [0.4, 0.5) is 0 Å². The van der Waals surface area contributed by atoms with Crippen LogP contribution < -0.4 is 5.32 Å². The zero-order valence-electron chi connectivity index (χ0n) is 18.8. The molecule has 3 aliphatic heterocycles. The predicted octanol–water partition coefficient (Wildman–Crippen LogP) is 2.62. The summed E-state index contributed by atoms with van der Waals surface area (Å²) in [6, 6.07) is 1.23. The quantitative estimate of drug-likeness (QED) is 0.792. The van der Waals surface area contributed by atoms with E-state index < -0.39 is 0 Å². The van der Waals surface area contributed by atoms with E-state index in [4.69, 9.17) is 4.74 Å². The number of piperidine rings is 1. The average molecular weight is 381 g/mol. The van der Waals surface area contributed by atoms with E-state index in [-0.39, 0.29) is 5.54 Å². The fourth-order valence-corrected chi connectivity index (χ4v) is 5.53. The summed E-state index contributed by atoms with van der Waals surface area (Å²) in [6.45, 7) is 23.2. The highest BCUT2D eigenvalue weighted by Gasteiger charge is 2.42. The lowest BCUT2D eigenvalue weighted by Gasteiger charge is -2.53. The second kappa shape index (κ2) is 8.66. The summed E-state index contributed by atoms with van der Waals surface area (Å²) < 4.78 is 5.57. The summed E-state index contributed by atoms with van der Waals surface area (Å²) >= 11 is 0. The largest absolute Gasteiger partial charge is 0.379 e. The maximum Gasteiger partial charge on any atom is 0.0594 e. The molecule has 1 unspecified atom stereocenters. The molecule has 3 saturated heterocycles. The Kier molecular flexibility index (Phi) is 6.90. The van der Waals surface area contributed by atoms with Crippen LogP contribution >= 0.6 is 0 Å². The number of ether oxygens (including phenoxy) is 1. The molecular formula is C22H44N4O. The Labute approximate surface area is 167 Å². The summed E-state index contributed by atoms with van der Waals surface area (Å²) in [7, 11) is 0. The van der Waals surface area contributed by atoms with E-state index in [1.54, 1.807) is 0 Å². The SMILES string of the molecule is CC(C)N1CCC(C(C)(C)N2CCC(C(C)(C)N3CCOCC3)CC2)NC1. The molecule has 5 nitrogen and oxygen atoms in total. The van der Waals surface area contributed by atoms with Crippen molar-refractivity contribution < 1.29 is 4.74 Å². The second-order valence-corrected chi connectivity index (χ2v) is 10.3. The van der Waals surface area contributed by atoms with Crippen molar-refractivity contribution in [3.8, 4) is 0 Å². The maximum absolute atomic E-state index is 5.57. The van der Waals surface area contributed by atoms with E-state index in [0.717, 1.165) is 38.9 Å². The molecule has 0 radical (unpaired) electrons. The molecule has 0 aromatic carbocycles. The summed E-state index contributed by atoms with van der Waals surface area (Å²) in [6.07, 6.45) is 3.89. The van der Waals surface area contributed by atoms with Crippen molar-refractivity contribution in [1.82, 2.24) is 20.0 Å². The molecule has 3 heterocycles. The zero-order valence-corrected chi connectivity index (χ0v) is 18.8. The van der Waals surface area contributed by atoms with Crippen LogP contribution in [0, 0.1) is 5.92 Å². The molecule has 0 amide bonds. The number of nitrogens with zero attached hydrogens (tertiary/aromatic N) is 3. The van der Waals surface area contributed by atoms with Gasteiger partial charge in [0.1, 0.15) is 0 Å². The Bertz CT molecular complexity index is 457. The van der Waals surface area contributed by atoms with Crippen LogP contribution in [-0.2, 0) is 4.74 Å². The van der Waals surface area contributed by atoms with Gasteiger partial charge in [-0.15, -0.1) is 0 Å². The van der Waals surface area contributed by atoms with Crippen molar-refractivity contribution >= 4 is 0 Å². The van der Waals surface area contributed by atoms with Crippen molar-refractivity contribution in [1.29, 1.82) is 0 Å². The first-order chi connectivity index (χ1) is 12.7. The van der Waals surface area contributed by atoms with Crippen molar-refractivity contribution in [3.63, 3.8) is 0 Å². The van der Waals surface area contributed by atoms with Crippen LogP contribution in [0.3, 0.4) is 0 Å². The Morgan fingerprint density at radius 2 is 1.41 bits per heavy atom. The van der Waals surface area contributed by atoms with Gasteiger partial charge in [0, 0.05) is 49.5 Å². The highest BCUT2D eigenvalue weighted by Crippen LogP contribution is 2.36. The smallest absolute Gasteiger partial charge is 0.0594 e. The lowest BCUT2D eigenvalue weighted by molar-refractivity contribution is -0.0545. The molecule has 1 N–H and O–H groups in total. The third kappa shape index (κ3) is 4.69. The van der Waals surface area contributed by atoms with E-state index in [1.807, 2.05) is 0 Å². The van der Waals surface area contributed by atoms with Crippen molar-refractivity contribution in [3.05, 3.63) is 0 Å². The summed E-state index contributed by atoms with van der Waals surface area (Å²) in [5.74, 6) is 0.790. The highest BCUT2D eigenvalue weighted by molar-refractivity contribution is 5.00. The molecule has 5 heteroatoms. The number of morpholine rings is 1. The Morgan fingerprint density at radius 3 is 1.93 bits per heavy atom. The van der Waals surface area contributed by atoms with Gasteiger partial charge in [-0.3, -0.25) is 20.0 Å². The third-order valence-electron chi connectivity index (χ3n) is 7.96. The molecule has 0 saturated carbocycles. The van der Waals surface area contributed by atoms with Crippen LogP contribution in [0.15, 0.2) is 0 Å². The lowest BCUT2D eigenvalue weighted by atomic mass is 9.77. The molecule has 1 atom stereocenters. The minimum Gasteiger partial charge on any atom is -0.379 e. The highest BCUT2D eigenvalue weighted by atomic mass is 16.5. The lowest BCUT2D eigenvalue weighted by Crippen LogP contribution is -2.65. The first-order valence-electron chi connectivity index (χ1n) is 11.3. The number of rotatable bonds is 5. The molecule has 3 fully saturated rings. The normalized spacial score (nSPS) is 28.8. The average Bonchev–Trinajstić information content (AvgIpc) is 2.69. The summed E-state index contributed by atoms with van der Waals surface area (Å²) in [5.41, 5.74) is 0.526. The van der Waals surface area contributed by atoms with Gasteiger partial charge in [-0.25, -0.2) is 0 Å². The second-order valence-electron chi connectivity index (χ2n) is 10.3. The zero-order chi connectivity index (χ0) is 19.7. The molecule has 0 aromatic heterocycles. The molecule has 0 bridgehead atoms. The number of hydrogen-bond donors (Lipinski definition) is 1. The van der Waals surface area contributed by atoms with Crippen LogP contribution in [-0.4, -0.2) is 90.5 Å². The minimum atomic E-state index is 0.233. The third-order valence-corrected chi connectivity index (χ3v) is 7.96. The molecule has 3 rings (SSSR count). The van der Waals surface area contributed by atoms with Gasteiger partial charge >= 0.3 is 0 Å². The monoisotopic (exact) mass is 380 g/mol. The van der Waals surface area contributed by atoms with E-state index in [2.05, 4.69) is 61.6 Å². The topological polar surface area (TPSA) is 31.0 Å². The fourth-order valence-electron chi connectivity index (χ4n) is 5.53. The first kappa shape index (κ1) is 21.5. The predicted molar refractivity (Wildman–Crippen MR) is 113 cm³/mol. The molecule has 158 valence electrons. The van der Waals surface area contributed by atoms with Gasteiger partial charge in [0.05, 0.1) is 13.2 Å². The Morgan fingerprint density at radius 1 is 0.815 bits per heavy atom. The molecule has 0 aliphatic carbocycles. The van der Waals surface area contributed by atoms with Crippen LogP contribution in [0.5, 0.6) is 0 Å². The van der Waals surface area contributed by atoms with E-state index >= 15 is 0 Å². The van der Waals surface area contributed by atoms with Gasteiger partial charge in [0.15, 0.2) is 0 Å². The van der Waals surface area contributed by atoms with Crippen LogP contribution in [0.2, 0.25) is 0 Å². The summed E-state index contributed by atoms with van der Waals surface area (Å²) in [5, 5.41) is 3.84. The maximum atomic E-state index is 5.57. The number of hydrogen-bond acceptors (Lipinski definition) is 5. The van der Waals surface area contributed by atoms with Gasteiger partial charge < -0.3 is 4.74 Å². The number of likely N-dealkylation sites (tertiary alicyclic amines) is 1. The molecular weight excluding hydrogens is 336 g/mol. The Hall–Kier alpha value is -0.200. The Balaban J connectivity index is 1.53.